The third-order valence-corrected chi connectivity index (χ3v) is 3.06. The SMILES string of the molecule is CCOc1ccccc1NC(=O)CCCN(C)C(=O)OC(C)(C)C. The van der Waals surface area contributed by atoms with Crippen LogP contribution in [0.5, 0.6) is 5.75 Å². The summed E-state index contributed by atoms with van der Waals surface area (Å²) in [7, 11) is 1.66. The number of carbonyl (C=O) groups excluding carboxylic acids is 2. The highest BCUT2D eigenvalue weighted by molar-refractivity contribution is 5.92. The maximum Gasteiger partial charge on any atom is 0.410 e. The molecule has 0 unspecified atom stereocenters. The van der Waals surface area contributed by atoms with Crippen LogP contribution in [-0.4, -0.2) is 42.7 Å². The smallest absolute Gasteiger partial charge is 0.410 e. The summed E-state index contributed by atoms with van der Waals surface area (Å²) in [6.07, 6.45) is 0.482. The Labute approximate surface area is 144 Å². The summed E-state index contributed by atoms with van der Waals surface area (Å²) in [5, 5.41) is 2.84. The lowest BCUT2D eigenvalue weighted by Gasteiger charge is -2.24. The van der Waals surface area contributed by atoms with Crippen molar-refractivity contribution in [2.75, 3.05) is 25.5 Å². The predicted octanol–water partition coefficient (Wildman–Crippen LogP) is 3.67. The van der Waals surface area contributed by atoms with Crippen LogP contribution in [0, 0.1) is 0 Å². The zero-order valence-electron chi connectivity index (χ0n) is 15.2. The van der Waals surface area contributed by atoms with Crippen molar-refractivity contribution in [2.24, 2.45) is 0 Å². The molecule has 0 aromatic heterocycles. The van der Waals surface area contributed by atoms with Crippen molar-refractivity contribution in [2.45, 2.75) is 46.1 Å². The zero-order chi connectivity index (χ0) is 18.2. The van der Waals surface area contributed by atoms with E-state index in [0.29, 0.717) is 37.4 Å². The van der Waals surface area contributed by atoms with Crippen molar-refractivity contribution in [3.8, 4) is 5.75 Å². The summed E-state index contributed by atoms with van der Waals surface area (Å²) in [4.78, 5) is 25.4. The second-order valence-electron chi connectivity index (χ2n) is 6.48. The van der Waals surface area contributed by atoms with Gasteiger partial charge >= 0.3 is 6.09 Å². The first kappa shape index (κ1) is 19.8. The van der Waals surface area contributed by atoms with Crippen LogP contribution >= 0.6 is 0 Å². The molecule has 1 aromatic rings. The van der Waals surface area contributed by atoms with Gasteiger partial charge in [0.25, 0.3) is 0 Å². The molecule has 0 heterocycles. The highest BCUT2D eigenvalue weighted by Crippen LogP contribution is 2.23. The van der Waals surface area contributed by atoms with E-state index >= 15 is 0 Å². The lowest BCUT2D eigenvalue weighted by atomic mass is 10.2. The van der Waals surface area contributed by atoms with E-state index in [0.717, 1.165) is 0 Å². The van der Waals surface area contributed by atoms with Crippen LogP contribution in [0.25, 0.3) is 0 Å². The third-order valence-electron chi connectivity index (χ3n) is 3.06. The number of para-hydroxylation sites is 2. The Hall–Kier alpha value is -2.24. The second-order valence-corrected chi connectivity index (χ2v) is 6.48. The van der Waals surface area contributed by atoms with Gasteiger partial charge in [0.2, 0.25) is 5.91 Å². The molecular formula is C18H28N2O4. The highest BCUT2D eigenvalue weighted by Gasteiger charge is 2.19. The maximum absolute atomic E-state index is 12.0. The summed E-state index contributed by atoms with van der Waals surface area (Å²) in [5.74, 6) is 0.541. The molecule has 0 saturated heterocycles. The molecule has 6 heteroatoms. The van der Waals surface area contributed by atoms with Gasteiger partial charge in [-0.2, -0.15) is 0 Å². The van der Waals surface area contributed by atoms with Gasteiger partial charge in [-0.05, 0) is 46.2 Å². The number of anilines is 1. The first-order valence-electron chi connectivity index (χ1n) is 8.18. The van der Waals surface area contributed by atoms with E-state index < -0.39 is 5.60 Å². The maximum atomic E-state index is 12.0. The van der Waals surface area contributed by atoms with Crippen LogP contribution in [0.3, 0.4) is 0 Å². The second kappa shape index (κ2) is 9.15. The van der Waals surface area contributed by atoms with Crippen molar-refractivity contribution in [3.63, 3.8) is 0 Å². The molecular weight excluding hydrogens is 308 g/mol. The van der Waals surface area contributed by atoms with Crippen LogP contribution in [0.2, 0.25) is 0 Å². The quantitative estimate of drug-likeness (QED) is 0.825. The number of hydrogen-bond donors (Lipinski definition) is 1. The van der Waals surface area contributed by atoms with Crippen LogP contribution in [0.1, 0.15) is 40.5 Å². The molecule has 0 aliphatic carbocycles. The van der Waals surface area contributed by atoms with E-state index in [1.165, 1.54) is 4.90 Å². The van der Waals surface area contributed by atoms with Gasteiger partial charge in [-0.15, -0.1) is 0 Å². The predicted molar refractivity (Wildman–Crippen MR) is 94.3 cm³/mol. The van der Waals surface area contributed by atoms with Gasteiger partial charge in [0.15, 0.2) is 0 Å². The lowest BCUT2D eigenvalue weighted by molar-refractivity contribution is -0.116. The van der Waals surface area contributed by atoms with Crippen molar-refractivity contribution in [1.29, 1.82) is 0 Å². The number of ether oxygens (including phenoxy) is 2. The van der Waals surface area contributed by atoms with Crippen molar-refractivity contribution < 1.29 is 19.1 Å². The minimum atomic E-state index is -0.522. The number of amides is 2. The molecule has 0 spiro atoms. The summed E-state index contributed by atoms with van der Waals surface area (Å²) in [6.45, 7) is 8.35. The van der Waals surface area contributed by atoms with Crippen LogP contribution in [0.4, 0.5) is 10.5 Å². The first-order chi connectivity index (χ1) is 11.2. The van der Waals surface area contributed by atoms with E-state index in [2.05, 4.69) is 5.32 Å². The van der Waals surface area contributed by atoms with Crippen molar-refractivity contribution >= 4 is 17.7 Å². The van der Waals surface area contributed by atoms with E-state index in [-0.39, 0.29) is 12.0 Å². The fraction of sp³-hybridized carbons (Fsp3) is 0.556. The summed E-state index contributed by atoms with van der Waals surface area (Å²) in [6, 6.07) is 7.32. The fourth-order valence-corrected chi connectivity index (χ4v) is 1.97. The number of carbonyl (C=O) groups is 2. The average molecular weight is 336 g/mol. The minimum absolute atomic E-state index is 0.111. The Balaban J connectivity index is 2.40. The first-order valence-corrected chi connectivity index (χ1v) is 8.18. The van der Waals surface area contributed by atoms with Crippen LogP contribution in [-0.2, 0) is 9.53 Å². The summed E-state index contributed by atoms with van der Waals surface area (Å²) in [5.41, 5.74) is 0.135. The zero-order valence-corrected chi connectivity index (χ0v) is 15.2. The van der Waals surface area contributed by atoms with Gasteiger partial charge < -0.3 is 19.7 Å². The molecule has 0 bridgehead atoms. The standard InChI is InChI=1S/C18H28N2O4/c1-6-23-15-11-8-7-10-14(15)19-16(21)12-9-13-20(5)17(22)24-18(2,3)4/h7-8,10-11H,6,9,12-13H2,1-5H3,(H,19,21). The Bertz CT molecular complexity index is 552. The average Bonchev–Trinajstić information content (AvgIpc) is 2.47. The molecule has 0 aliphatic rings. The summed E-state index contributed by atoms with van der Waals surface area (Å²) < 4.78 is 10.7. The number of nitrogens with one attached hydrogen (secondary N) is 1. The Morgan fingerprint density at radius 1 is 1.21 bits per heavy atom. The molecule has 0 atom stereocenters. The fourth-order valence-electron chi connectivity index (χ4n) is 1.97. The third kappa shape index (κ3) is 7.35. The lowest BCUT2D eigenvalue weighted by Crippen LogP contribution is -2.35. The van der Waals surface area contributed by atoms with E-state index in [9.17, 15) is 9.59 Å². The molecule has 1 aromatic carbocycles. The normalized spacial score (nSPS) is 10.9. The topological polar surface area (TPSA) is 67.9 Å². The number of rotatable bonds is 7. The summed E-state index contributed by atoms with van der Waals surface area (Å²) >= 11 is 0. The number of benzene rings is 1. The molecule has 0 fully saturated rings. The molecule has 0 radical (unpaired) electrons. The Morgan fingerprint density at radius 3 is 2.50 bits per heavy atom. The van der Waals surface area contributed by atoms with Gasteiger partial charge in [-0.1, -0.05) is 12.1 Å². The van der Waals surface area contributed by atoms with Gasteiger partial charge in [-0.3, -0.25) is 4.79 Å². The molecule has 6 nitrogen and oxygen atoms in total. The largest absolute Gasteiger partial charge is 0.492 e. The van der Waals surface area contributed by atoms with Crippen molar-refractivity contribution in [3.05, 3.63) is 24.3 Å². The van der Waals surface area contributed by atoms with E-state index in [4.69, 9.17) is 9.47 Å². The van der Waals surface area contributed by atoms with Gasteiger partial charge in [0, 0.05) is 20.0 Å². The number of nitrogens with zero attached hydrogens (tertiary/aromatic N) is 1. The molecule has 134 valence electrons. The molecule has 0 saturated carbocycles. The monoisotopic (exact) mass is 336 g/mol. The number of hydrogen-bond acceptors (Lipinski definition) is 4. The molecule has 1 rings (SSSR count). The Morgan fingerprint density at radius 2 is 1.88 bits per heavy atom. The highest BCUT2D eigenvalue weighted by atomic mass is 16.6. The van der Waals surface area contributed by atoms with Crippen LogP contribution < -0.4 is 10.1 Å². The van der Waals surface area contributed by atoms with Gasteiger partial charge in [-0.25, -0.2) is 4.79 Å². The van der Waals surface area contributed by atoms with E-state index in [1.54, 1.807) is 13.1 Å². The molecule has 24 heavy (non-hydrogen) atoms. The van der Waals surface area contributed by atoms with Gasteiger partial charge in [0.1, 0.15) is 11.4 Å². The van der Waals surface area contributed by atoms with Crippen molar-refractivity contribution in [1.82, 2.24) is 4.90 Å². The molecule has 2 amide bonds. The minimum Gasteiger partial charge on any atom is -0.492 e. The Kier molecular flexibility index (Phi) is 7.55. The van der Waals surface area contributed by atoms with E-state index in [1.807, 2.05) is 45.9 Å². The molecule has 1 N–H and O–H groups in total. The van der Waals surface area contributed by atoms with Gasteiger partial charge in [0.05, 0.1) is 12.3 Å². The van der Waals surface area contributed by atoms with Crippen LogP contribution in [0.15, 0.2) is 24.3 Å². The molecule has 0 aliphatic heterocycles.